The highest BCUT2D eigenvalue weighted by atomic mass is 32.2. The summed E-state index contributed by atoms with van der Waals surface area (Å²) in [7, 11) is 0. The van der Waals surface area contributed by atoms with Crippen LogP contribution >= 0.6 is 11.8 Å². The molecule has 0 rings (SSSR count). The Balaban J connectivity index is 3.58. The molecule has 0 nitrogen and oxygen atoms in total. The Morgan fingerprint density at radius 1 is 1.07 bits per heavy atom. The number of alkyl halides is 5. The van der Waals surface area contributed by atoms with Gasteiger partial charge in [0.1, 0.15) is 0 Å². The zero-order valence-corrected chi connectivity index (χ0v) is 9.23. The minimum Gasteiger partial charge on any atom is -0.196 e. The highest BCUT2D eigenvalue weighted by Gasteiger charge is 2.56. The van der Waals surface area contributed by atoms with Gasteiger partial charge in [-0.15, -0.1) is 0 Å². The summed E-state index contributed by atoms with van der Waals surface area (Å²) in [6, 6.07) is 0. The first-order valence-electron chi connectivity index (χ1n) is 4.61. The summed E-state index contributed by atoms with van der Waals surface area (Å²) in [5.74, 6) is -3.42. The number of hydrogen-bond donors (Lipinski definition) is 0. The van der Waals surface area contributed by atoms with Crippen LogP contribution < -0.4 is 0 Å². The molecular weight excluding hydrogens is 235 g/mol. The van der Waals surface area contributed by atoms with E-state index in [9.17, 15) is 22.0 Å². The first-order valence-corrected chi connectivity index (χ1v) is 5.77. The van der Waals surface area contributed by atoms with E-state index in [0.29, 0.717) is 5.75 Å². The van der Waals surface area contributed by atoms with Crippen molar-refractivity contribution >= 4 is 11.8 Å². The monoisotopic (exact) mass is 249 g/mol. The van der Waals surface area contributed by atoms with Crippen molar-refractivity contribution in [1.29, 1.82) is 0 Å². The summed E-state index contributed by atoms with van der Waals surface area (Å²) < 4.78 is 59.8. The highest BCUT2D eigenvalue weighted by Crippen LogP contribution is 2.38. The van der Waals surface area contributed by atoms with Gasteiger partial charge in [-0.1, -0.05) is 6.92 Å². The lowest BCUT2D eigenvalue weighted by molar-refractivity contribution is -0.284. The van der Waals surface area contributed by atoms with E-state index in [1.807, 2.05) is 13.3 Å². The molecule has 0 heterocycles. The van der Waals surface area contributed by atoms with Crippen molar-refractivity contribution in [3.63, 3.8) is 0 Å². The molecule has 0 aromatic rings. The molecule has 0 saturated heterocycles. The fourth-order valence-corrected chi connectivity index (χ4v) is 1.80. The quantitative estimate of drug-likeness (QED) is 0.478. The van der Waals surface area contributed by atoms with Crippen molar-refractivity contribution in [2.24, 2.45) is 0 Å². The molecule has 0 amide bonds. The molecule has 91 valence electrons. The third-order valence-electron chi connectivity index (χ3n) is 1.75. The standard InChI is InChI=1S/C9H14F5S/c1-2-3-6-15-7-4-5-8(10,11)9(12,13)14/h2H,3-7H2,1H3. The van der Waals surface area contributed by atoms with Gasteiger partial charge in [-0.2, -0.15) is 33.7 Å². The number of halogens is 5. The summed E-state index contributed by atoms with van der Waals surface area (Å²) in [5.41, 5.74) is 0. The molecular formula is C9H14F5S. The summed E-state index contributed by atoms with van der Waals surface area (Å²) in [4.78, 5) is 0. The molecule has 0 spiro atoms. The van der Waals surface area contributed by atoms with E-state index >= 15 is 0 Å². The molecule has 0 fully saturated rings. The van der Waals surface area contributed by atoms with Gasteiger partial charge in [-0.25, -0.2) is 0 Å². The van der Waals surface area contributed by atoms with Crippen LogP contribution in [0.15, 0.2) is 0 Å². The van der Waals surface area contributed by atoms with Crippen LogP contribution in [-0.4, -0.2) is 23.6 Å². The van der Waals surface area contributed by atoms with Gasteiger partial charge in [-0.05, 0) is 30.8 Å². The predicted molar refractivity (Wildman–Crippen MR) is 52.2 cm³/mol. The largest absolute Gasteiger partial charge is 0.453 e. The Morgan fingerprint density at radius 3 is 2.13 bits per heavy atom. The Morgan fingerprint density at radius 2 is 1.67 bits per heavy atom. The molecule has 0 atom stereocenters. The number of thioether (sulfide) groups is 1. The molecule has 1 radical (unpaired) electrons. The zero-order chi connectivity index (χ0) is 11.9. The second-order valence-corrected chi connectivity index (χ2v) is 4.34. The summed E-state index contributed by atoms with van der Waals surface area (Å²) in [6.45, 7) is 1.87. The number of hydrogen-bond acceptors (Lipinski definition) is 1. The lowest BCUT2D eigenvalue weighted by Gasteiger charge is -2.19. The summed E-state index contributed by atoms with van der Waals surface area (Å²) in [5, 5.41) is 0. The van der Waals surface area contributed by atoms with Crippen LogP contribution in [0, 0.1) is 6.42 Å². The normalized spacial score (nSPS) is 13.2. The maximum atomic E-state index is 12.4. The van der Waals surface area contributed by atoms with Gasteiger partial charge in [0.15, 0.2) is 0 Å². The van der Waals surface area contributed by atoms with Gasteiger partial charge in [0.05, 0.1) is 0 Å². The van der Waals surface area contributed by atoms with E-state index in [4.69, 9.17) is 0 Å². The second kappa shape index (κ2) is 6.55. The SMILES string of the molecule is C[CH]CCSCCCC(F)(F)C(F)(F)F. The Hall–Kier alpha value is -0.0000000000000000555. The molecule has 15 heavy (non-hydrogen) atoms. The average molecular weight is 249 g/mol. The summed E-state index contributed by atoms with van der Waals surface area (Å²) >= 11 is 1.40. The van der Waals surface area contributed by atoms with Gasteiger partial charge >= 0.3 is 12.1 Å². The molecule has 0 aliphatic heterocycles. The molecule has 6 heteroatoms. The molecule has 0 unspecified atom stereocenters. The molecule has 0 aromatic heterocycles. The van der Waals surface area contributed by atoms with Gasteiger partial charge < -0.3 is 0 Å². The number of unbranched alkanes of at least 4 members (excludes halogenated alkanes) is 1. The van der Waals surface area contributed by atoms with Crippen LogP contribution in [0.5, 0.6) is 0 Å². The van der Waals surface area contributed by atoms with Crippen molar-refractivity contribution in [3.8, 4) is 0 Å². The number of rotatable bonds is 7. The second-order valence-electron chi connectivity index (χ2n) is 3.12. The maximum Gasteiger partial charge on any atom is 0.453 e. The molecule has 0 saturated carbocycles. The molecule has 0 aliphatic rings. The van der Waals surface area contributed by atoms with E-state index < -0.39 is 18.5 Å². The topological polar surface area (TPSA) is 0 Å². The van der Waals surface area contributed by atoms with Gasteiger partial charge in [0, 0.05) is 6.42 Å². The Kier molecular flexibility index (Phi) is 6.55. The Labute approximate surface area is 90.6 Å². The van der Waals surface area contributed by atoms with Crippen molar-refractivity contribution in [2.45, 2.75) is 38.3 Å². The molecule has 0 aliphatic carbocycles. The fourth-order valence-electron chi connectivity index (χ4n) is 0.841. The molecule has 0 aromatic carbocycles. The fraction of sp³-hybridized carbons (Fsp3) is 0.889. The van der Waals surface area contributed by atoms with Crippen LogP contribution in [0.1, 0.15) is 26.2 Å². The van der Waals surface area contributed by atoms with Crippen LogP contribution in [0.25, 0.3) is 0 Å². The highest BCUT2D eigenvalue weighted by molar-refractivity contribution is 7.99. The third-order valence-corrected chi connectivity index (χ3v) is 2.85. The van der Waals surface area contributed by atoms with E-state index in [1.165, 1.54) is 11.8 Å². The Bertz CT molecular complexity index is 166. The summed E-state index contributed by atoms with van der Waals surface area (Å²) in [6.07, 6.45) is -3.85. The average Bonchev–Trinajstić information content (AvgIpc) is 2.09. The smallest absolute Gasteiger partial charge is 0.196 e. The predicted octanol–water partition coefficient (Wildman–Crippen LogP) is 4.31. The lowest BCUT2D eigenvalue weighted by Crippen LogP contribution is -2.36. The van der Waals surface area contributed by atoms with Crippen LogP contribution in [0.2, 0.25) is 0 Å². The first kappa shape index (κ1) is 15.0. The van der Waals surface area contributed by atoms with Gasteiger partial charge in [-0.3, -0.25) is 0 Å². The zero-order valence-electron chi connectivity index (χ0n) is 8.41. The van der Waals surface area contributed by atoms with Gasteiger partial charge in [0.25, 0.3) is 0 Å². The maximum absolute atomic E-state index is 12.4. The van der Waals surface area contributed by atoms with E-state index in [-0.39, 0.29) is 6.42 Å². The minimum absolute atomic E-state index is 0.110. The third kappa shape index (κ3) is 6.22. The van der Waals surface area contributed by atoms with E-state index in [0.717, 1.165) is 12.2 Å². The van der Waals surface area contributed by atoms with Crippen LogP contribution in [0.3, 0.4) is 0 Å². The van der Waals surface area contributed by atoms with Crippen molar-refractivity contribution in [3.05, 3.63) is 6.42 Å². The van der Waals surface area contributed by atoms with Gasteiger partial charge in [0.2, 0.25) is 0 Å². The first-order chi connectivity index (χ1) is 6.81. The minimum atomic E-state index is -5.41. The van der Waals surface area contributed by atoms with Crippen molar-refractivity contribution in [1.82, 2.24) is 0 Å². The van der Waals surface area contributed by atoms with Crippen LogP contribution in [-0.2, 0) is 0 Å². The molecule has 0 N–H and O–H groups in total. The van der Waals surface area contributed by atoms with Crippen molar-refractivity contribution < 1.29 is 22.0 Å². The van der Waals surface area contributed by atoms with Crippen LogP contribution in [0.4, 0.5) is 22.0 Å². The van der Waals surface area contributed by atoms with E-state index in [1.54, 1.807) is 0 Å². The lowest BCUT2D eigenvalue weighted by atomic mass is 10.2. The van der Waals surface area contributed by atoms with E-state index in [2.05, 4.69) is 0 Å². The molecule has 0 bridgehead atoms. The van der Waals surface area contributed by atoms with Crippen molar-refractivity contribution in [2.75, 3.05) is 11.5 Å².